The van der Waals surface area contributed by atoms with Gasteiger partial charge in [-0.2, -0.15) is 0 Å². The van der Waals surface area contributed by atoms with Crippen LogP contribution in [0.2, 0.25) is 5.02 Å². The number of nitrogens with zero attached hydrogens (tertiary/aromatic N) is 4. The topological polar surface area (TPSA) is 84.3 Å². The molecule has 1 amide bonds. The maximum absolute atomic E-state index is 13.5. The fraction of sp³-hybridized carbons (Fsp3) is 0.242. The van der Waals surface area contributed by atoms with E-state index in [9.17, 15) is 9.18 Å². The molecular formula is C33H32ClFN6O2. The predicted octanol–water partition coefficient (Wildman–Crippen LogP) is 6.42. The number of hydrogen-bond acceptors (Lipinski definition) is 6. The molecule has 0 spiro atoms. The van der Waals surface area contributed by atoms with Crippen molar-refractivity contribution in [2.45, 2.75) is 39.1 Å². The van der Waals surface area contributed by atoms with E-state index in [1.807, 2.05) is 47.5 Å². The second-order valence-corrected chi connectivity index (χ2v) is 11.4. The first-order chi connectivity index (χ1) is 20.8. The van der Waals surface area contributed by atoms with Crippen LogP contribution < -0.4 is 15.4 Å². The molecule has 10 heteroatoms. The summed E-state index contributed by atoms with van der Waals surface area (Å²) in [6, 6.07) is 21.9. The molecule has 2 atom stereocenters. The third kappa shape index (κ3) is 6.63. The lowest BCUT2D eigenvalue weighted by molar-refractivity contribution is 0.0674. The van der Waals surface area contributed by atoms with E-state index >= 15 is 0 Å². The van der Waals surface area contributed by atoms with Gasteiger partial charge in [0.15, 0.2) is 5.82 Å². The number of aromatic nitrogens is 3. The number of ether oxygens (including phenoxy) is 1. The third-order valence-electron chi connectivity index (χ3n) is 7.43. The van der Waals surface area contributed by atoms with Crippen LogP contribution in [0, 0.1) is 5.82 Å². The second-order valence-electron chi connectivity index (χ2n) is 11.0. The minimum atomic E-state index is -0.310. The molecule has 2 aromatic heterocycles. The van der Waals surface area contributed by atoms with Crippen molar-refractivity contribution in [3.8, 4) is 5.75 Å². The summed E-state index contributed by atoms with van der Waals surface area (Å²) in [6.45, 7) is 6.38. The lowest BCUT2D eigenvalue weighted by Crippen LogP contribution is -2.55. The first-order valence-electron chi connectivity index (χ1n) is 14.2. The number of hydrogen-bond donors (Lipinski definition) is 2. The molecule has 6 rings (SSSR count). The number of amides is 1. The van der Waals surface area contributed by atoms with Gasteiger partial charge in [-0.1, -0.05) is 35.9 Å². The van der Waals surface area contributed by atoms with E-state index in [-0.39, 0.29) is 30.4 Å². The summed E-state index contributed by atoms with van der Waals surface area (Å²) in [5, 5.41) is 7.24. The van der Waals surface area contributed by atoms with E-state index in [0.717, 1.165) is 22.3 Å². The summed E-state index contributed by atoms with van der Waals surface area (Å²) in [4.78, 5) is 24.0. The zero-order valence-corrected chi connectivity index (χ0v) is 24.7. The Labute approximate surface area is 254 Å². The van der Waals surface area contributed by atoms with Gasteiger partial charge in [0.05, 0.1) is 10.5 Å². The van der Waals surface area contributed by atoms with Crippen LogP contribution in [0.4, 0.5) is 15.9 Å². The molecule has 43 heavy (non-hydrogen) atoms. The molecule has 1 saturated heterocycles. The predicted molar refractivity (Wildman–Crippen MR) is 167 cm³/mol. The summed E-state index contributed by atoms with van der Waals surface area (Å²) in [6.07, 6.45) is 3.49. The van der Waals surface area contributed by atoms with Gasteiger partial charge in [0.1, 0.15) is 30.0 Å². The van der Waals surface area contributed by atoms with Crippen LogP contribution in [-0.4, -0.2) is 50.5 Å². The summed E-state index contributed by atoms with van der Waals surface area (Å²) in [7, 11) is 0. The number of fused-ring (bicyclic) bond motifs is 1. The molecule has 220 valence electrons. The Bertz CT molecular complexity index is 1750. The van der Waals surface area contributed by atoms with Gasteiger partial charge in [0.2, 0.25) is 0 Å². The molecule has 2 unspecified atom stereocenters. The fourth-order valence-corrected chi connectivity index (χ4v) is 5.74. The van der Waals surface area contributed by atoms with Gasteiger partial charge in [-0.3, -0.25) is 4.79 Å². The SMILES string of the molecule is CC1CN(C(=O)c2ccc(Cn3ccc4ncnc(Nc5ccc(OCc6cccc(F)c6)c(Cl)c5)c43)cc2)CC(C)N1. The summed E-state index contributed by atoms with van der Waals surface area (Å²) < 4.78 is 21.4. The van der Waals surface area contributed by atoms with Gasteiger partial charge in [0, 0.05) is 49.2 Å². The first kappa shape index (κ1) is 28.6. The number of piperazine rings is 1. The maximum Gasteiger partial charge on any atom is 0.253 e. The van der Waals surface area contributed by atoms with Crippen molar-refractivity contribution in [2.75, 3.05) is 18.4 Å². The van der Waals surface area contributed by atoms with Crippen molar-refractivity contribution in [2.24, 2.45) is 0 Å². The van der Waals surface area contributed by atoms with Crippen LogP contribution in [0.15, 0.2) is 85.3 Å². The molecule has 1 aliphatic heterocycles. The van der Waals surface area contributed by atoms with Crippen molar-refractivity contribution in [3.05, 3.63) is 113 Å². The Balaban J connectivity index is 1.16. The summed E-state index contributed by atoms with van der Waals surface area (Å²) in [5.74, 6) is 0.876. The maximum atomic E-state index is 13.5. The lowest BCUT2D eigenvalue weighted by Gasteiger charge is -2.36. The average molecular weight is 599 g/mol. The van der Waals surface area contributed by atoms with Crippen molar-refractivity contribution in [1.82, 2.24) is 24.8 Å². The second kappa shape index (κ2) is 12.4. The zero-order chi connectivity index (χ0) is 29.9. The number of nitrogens with one attached hydrogen (secondary N) is 2. The van der Waals surface area contributed by atoms with Crippen LogP contribution in [0.1, 0.15) is 35.3 Å². The molecule has 1 aliphatic rings. The molecular weight excluding hydrogens is 567 g/mol. The van der Waals surface area contributed by atoms with Crippen LogP contribution in [0.25, 0.3) is 11.0 Å². The van der Waals surface area contributed by atoms with E-state index < -0.39 is 0 Å². The number of carbonyl (C=O) groups excluding carboxylic acids is 1. The number of rotatable bonds is 8. The van der Waals surface area contributed by atoms with Gasteiger partial charge in [-0.05, 0) is 73.5 Å². The minimum absolute atomic E-state index is 0.0575. The van der Waals surface area contributed by atoms with E-state index in [0.29, 0.717) is 47.4 Å². The molecule has 0 saturated carbocycles. The van der Waals surface area contributed by atoms with Crippen LogP contribution in [0.3, 0.4) is 0 Å². The fourth-order valence-electron chi connectivity index (χ4n) is 5.50. The van der Waals surface area contributed by atoms with Crippen LogP contribution in [-0.2, 0) is 13.2 Å². The Morgan fingerprint density at radius 2 is 1.81 bits per heavy atom. The molecule has 2 N–H and O–H groups in total. The smallest absolute Gasteiger partial charge is 0.253 e. The van der Waals surface area contributed by atoms with E-state index in [1.54, 1.807) is 24.3 Å². The molecule has 8 nitrogen and oxygen atoms in total. The molecule has 0 bridgehead atoms. The number of carbonyl (C=O) groups is 1. The molecule has 0 aliphatic carbocycles. The number of anilines is 2. The van der Waals surface area contributed by atoms with Crippen molar-refractivity contribution < 1.29 is 13.9 Å². The van der Waals surface area contributed by atoms with E-state index in [2.05, 4.69) is 39.0 Å². The number of halogens is 2. The van der Waals surface area contributed by atoms with Gasteiger partial charge < -0.3 is 24.8 Å². The zero-order valence-electron chi connectivity index (χ0n) is 23.9. The highest BCUT2D eigenvalue weighted by molar-refractivity contribution is 6.32. The summed E-state index contributed by atoms with van der Waals surface area (Å²) >= 11 is 6.52. The van der Waals surface area contributed by atoms with Crippen molar-refractivity contribution in [3.63, 3.8) is 0 Å². The standard InChI is InChI=1S/C33H32ClFN6O2/c1-21-16-41(17-22(2)38-21)33(42)25-8-6-23(7-9-25)18-40-13-12-29-31(40)32(37-20-36-29)39-27-10-11-30(28(34)15-27)43-19-24-4-3-5-26(35)14-24/h3-15,20-22,38H,16-19H2,1-2H3,(H,36,37,39). The van der Waals surface area contributed by atoms with Gasteiger partial charge in [-0.15, -0.1) is 0 Å². The minimum Gasteiger partial charge on any atom is -0.487 e. The Kier molecular flexibility index (Phi) is 8.26. The molecule has 0 radical (unpaired) electrons. The highest BCUT2D eigenvalue weighted by Gasteiger charge is 2.25. The van der Waals surface area contributed by atoms with Gasteiger partial charge >= 0.3 is 0 Å². The average Bonchev–Trinajstić information content (AvgIpc) is 3.40. The normalized spacial score (nSPS) is 16.8. The monoisotopic (exact) mass is 598 g/mol. The quantitative estimate of drug-likeness (QED) is 0.215. The van der Waals surface area contributed by atoms with E-state index in [4.69, 9.17) is 16.3 Å². The van der Waals surface area contributed by atoms with Gasteiger partial charge in [-0.25, -0.2) is 14.4 Å². The largest absolute Gasteiger partial charge is 0.487 e. The van der Waals surface area contributed by atoms with Crippen LogP contribution in [0.5, 0.6) is 5.75 Å². The Morgan fingerprint density at radius 1 is 1.02 bits per heavy atom. The summed E-state index contributed by atoms with van der Waals surface area (Å²) in [5.41, 5.74) is 4.83. The highest BCUT2D eigenvalue weighted by Crippen LogP contribution is 2.31. The van der Waals surface area contributed by atoms with Crippen molar-refractivity contribution in [1.29, 1.82) is 0 Å². The van der Waals surface area contributed by atoms with E-state index in [1.165, 1.54) is 18.5 Å². The van der Waals surface area contributed by atoms with Gasteiger partial charge in [0.25, 0.3) is 5.91 Å². The van der Waals surface area contributed by atoms with Crippen molar-refractivity contribution >= 4 is 40.0 Å². The molecule has 5 aromatic rings. The Morgan fingerprint density at radius 3 is 2.56 bits per heavy atom. The van der Waals surface area contributed by atoms with Crippen LogP contribution >= 0.6 is 11.6 Å². The highest BCUT2D eigenvalue weighted by atomic mass is 35.5. The molecule has 3 heterocycles. The first-order valence-corrected chi connectivity index (χ1v) is 14.6. The molecule has 1 fully saturated rings. The lowest BCUT2D eigenvalue weighted by atomic mass is 10.1. The molecule has 3 aromatic carbocycles. The third-order valence-corrected chi connectivity index (χ3v) is 7.72. The number of benzene rings is 3. The Hall–Kier alpha value is -4.47.